The second-order valence-electron chi connectivity index (χ2n) is 4.85. The maximum absolute atomic E-state index is 4.24. The molecule has 23 heavy (non-hydrogen) atoms. The molecule has 0 bridgehead atoms. The quantitative estimate of drug-likeness (QED) is 0.363. The first-order chi connectivity index (χ1) is 11.3. The van der Waals surface area contributed by atoms with Crippen LogP contribution in [0.4, 0.5) is 0 Å². The summed E-state index contributed by atoms with van der Waals surface area (Å²) in [5, 5.41) is 14.9. The Bertz CT molecular complexity index is 809. The van der Waals surface area contributed by atoms with E-state index in [4.69, 9.17) is 0 Å². The number of aliphatic imine (C=N–C) groups is 1. The van der Waals surface area contributed by atoms with Crippen molar-refractivity contribution in [3.05, 3.63) is 50.1 Å². The Labute approximate surface area is 152 Å². The van der Waals surface area contributed by atoms with E-state index in [0.717, 1.165) is 30.4 Å². The van der Waals surface area contributed by atoms with Gasteiger partial charge >= 0.3 is 0 Å². The molecule has 6 nitrogen and oxygen atoms in total. The van der Waals surface area contributed by atoms with Crippen LogP contribution in [0.5, 0.6) is 0 Å². The molecule has 3 heterocycles. The van der Waals surface area contributed by atoms with Crippen LogP contribution in [0.25, 0.3) is 5.65 Å². The molecular weight excluding hydrogens is 423 g/mol. The van der Waals surface area contributed by atoms with E-state index < -0.39 is 0 Å². The first kappa shape index (κ1) is 16.2. The molecule has 3 aromatic rings. The number of halogens is 1. The van der Waals surface area contributed by atoms with Crippen LogP contribution in [-0.2, 0) is 13.0 Å². The molecule has 8 heteroatoms. The van der Waals surface area contributed by atoms with Crippen LogP contribution < -0.4 is 10.6 Å². The SMILES string of the molecule is CN=C(NCCc1ccc(I)s1)NCc1nnc2ccccn12. The number of nitrogens with zero attached hydrogens (tertiary/aromatic N) is 4. The van der Waals surface area contributed by atoms with Gasteiger partial charge in [-0.3, -0.25) is 9.39 Å². The van der Waals surface area contributed by atoms with Gasteiger partial charge in [-0.05, 0) is 53.3 Å². The van der Waals surface area contributed by atoms with Gasteiger partial charge < -0.3 is 10.6 Å². The molecule has 0 spiro atoms. The molecule has 0 aromatic carbocycles. The van der Waals surface area contributed by atoms with Gasteiger partial charge in [-0.15, -0.1) is 21.5 Å². The van der Waals surface area contributed by atoms with Crippen molar-refractivity contribution in [1.29, 1.82) is 0 Å². The minimum absolute atomic E-state index is 0.571. The van der Waals surface area contributed by atoms with Crippen LogP contribution in [-0.4, -0.2) is 34.2 Å². The Morgan fingerprint density at radius 2 is 2.17 bits per heavy atom. The molecule has 0 aliphatic heterocycles. The molecule has 0 fully saturated rings. The summed E-state index contributed by atoms with van der Waals surface area (Å²) in [5.41, 5.74) is 0.847. The molecule has 0 aliphatic carbocycles. The van der Waals surface area contributed by atoms with Gasteiger partial charge in [-0.2, -0.15) is 0 Å². The van der Waals surface area contributed by atoms with E-state index in [9.17, 15) is 0 Å². The Morgan fingerprint density at radius 1 is 1.26 bits per heavy atom. The molecule has 0 saturated carbocycles. The monoisotopic (exact) mass is 440 g/mol. The zero-order valence-corrected chi connectivity index (χ0v) is 15.6. The lowest BCUT2D eigenvalue weighted by Gasteiger charge is -2.10. The lowest BCUT2D eigenvalue weighted by molar-refractivity contribution is 0.759. The summed E-state index contributed by atoms with van der Waals surface area (Å²) in [5.74, 6) is 1.63. The molecule has 2 N–H and O–H groups in total. The van der Waals surface area contributed by atoms with E-state index in [1.165, 1.54) is 7.76 Å². The zero-order chi connectivity index (χ0) is 16.1. The van der Waals surface area contributed by atoms with E-state index in [1.807, 2.05) is 40.1 Å². The molecule has 0 radical (unpaired) electrons. The number of pyridine rings is 1. The third kappa shape index (κ3) is 4.20. The number of aromatic nitrogens is 3. The Morgan fingerprint density at radius 3 is 2.96 bits per heavy atom. The average Bonchev–Trinajstić information content (AvgIpc) is 3.17. The topological polar surface area (TPSA) is 66.6 Å². The highest BCUT2D eigenvalue weighted by Gasteiger charge is 2.05. The number of fused-ring (bicyclic) bond motifs is 1. The first-order valence-corrected chi connectivity index (χ1v) is 9.13. The van der Waals surface area contributed by atoms with Crippen molar-refractivity contribution >= 4 is 45.5 Å². The number of guanidine groups is 1. The van der Waals surface area contributed by atoms with Crippen molar-refractivity contribution in [1.82, 2.24) is 25.2 Å². The fourth-order valence-corrected chi connectivity index (χ4v) is 3.94. The number of hydrogen-bond donors (Lipinski definition) is 2. The molecule has 3 rings (SSSR count). The summed E-state index contributed by atoms with van der Waals surface area (Å²) in [4.78, 5) is 5.62. The van der Waals surface area contributed by atoms with Gasteiger partial charge in [0.15, 0.2) is 17.4 Å². The Hall–Kier alpha value is -1.68. The largest absolute Gasteiger partial charge is 0.356 e. The van der Waals surface area contributed by atoms with Crippen molar-refractivity contribution in [3.8, 4) is 0 Å². The van der Waals surface area contributed by atoms with E-state index in [0.29, 0.717) is 6.54 Å². The molecule has 0 unspecified atom stereocenters. The maximum atomic E-state index is 4.24. The summed E-state index contributed by atoms with van der Waals surface area (Å²) in [6, 6.07) is 10.2. The first-order valence-electron chi connectivity index (χ1n) is 7.23. The molecular formula is C15H17IN6S. The van der Waals surface area contributed by atoms with Crippen LogP contribution in [0.3, 0.4) is 0 Å². The predicted molar refractivity (Wildman–Crippen MR) is 102 cm³/mol. The van der Waals surface area contributed by atoms with E-state index >= 15 is 0 Å². The highest BCUT2D eigenvalue weighted by atomic mass is 127. The van der Waals surface area contributed by atoms with Crippen molar-refractivity contribution in [2.24, 2.45) is 4.99 Å². The molecule has 0 atom stereocenters. The van der Waals surface area contributed by atoms with Crippen LogP contribution in [0.2, 0.25) is 0 Å². The number of rotatable bonds is 5. The Kier molecular flexibility index (Phi) is 5.44. The van der Waals surface area contributed by atoms with Crippen LogP contribution >= 0.6 is 33.9 Å². The van der Waals surface area contributed by atoms with Gasteiger partial charge in [-0.25, -0.2) is 0 Å². The predicted octanol–water partition coefficient (Wildman–Crippen LogP) is 2.30. The second kappa shape index (κ2) is 7.73. The molecule has 3 aromatic heterocycles. The standard InChI is InChI=1S/C15H17IN6S/c1-17-15(18-8-7-11-5-6-12(16)23-11)19-10-14-21-20-13-4-2-3-9-22(13)14/h2-6,9H,7-8,10H2,1H3,(H2,17,18,19). The highest BCUT2D eigenvalue weighted by Crippen LogP contribution is 2.18. The number of nitrogens with one attached hydrogen (secondary N) is 2. The molecule has 0 amide bonds. The summed E-state index contributed by atoms with van der Waals surface area (Å²) >= 11 is 4.17. The van der Waals surface area contributed by atoms with Gasteiger partial charge in [0.1, 0.15) is 0 Å². The van der Waals surface area contributed by atoms with Crippen molar-refractivity contribution in [2.45, 2.75) is 13.0 Å². The van der Waals surface area contributed by atoms with Crippen LogP contribution in [0.15, 0.2) is 41.5 Å². The van der Waals surface area contributed by atoms with Crippen LogP contribution in [0, 0.1) is 2.88 Å². The van der Waals surface area contributed by atoms with E-state index in [-0.39, 0.29) is 0 Å². The molecule has 0 aliphatic rings. The summed E-state index contributed by atoms with van der Waals surface area (Å²) in [6.45, 7) is 1.42. The summed E-state index contributed by atoms with van der Waals surface area (Å²) in [6.07, 6.45) is 2.95. The average molecular weight is 440 g/mol. The smallest absolute Gasteiger partial charge is 0.191 e. The lowest BCUT2D eigenvalue weighted by atomic mass is 10.3. The fraction of sp³-hybridized carbons (Fsp3) is 0.267. The fourth-order valence-electron chi connectivity index (χ4n) is 2.19. The Balaban J connectivity index is 1.51. The summed E-state index contributed by atoms with van der Waals surface area (Å²) in [7, 11) is 1.77. The summed E-state index contributed by atoms with van der Waals surface area (Å²) < 4.78 is 3.28. The zero-order valence-electron chi connectivity index (χ0n) is 12.7. The highest BCUT2D eigenvalue weighted by molar-refractivity contribution is 14.1. The normalized spacial score (nSPS) is 11.8. The van der Waals surface area contributed by atoms with Crippen molar-refractivity contribution < 1.29 is 0 Å². The molecule has 0 saturated heterocycles. The van der Waals surface area contributed by atoms with Gasteiger partial charge in [0.25, 0.3) is 0 Å². The van der Waals surface area contributed by atoms with Gasteiger partial charge in [0, 0.05) is 24.7 Å². The van der Waals surface area contributed by atoms with Gasteiger partial charge in [-0.1, -0.05) is 6.07 Å². The van der Waals surface area contributed by atoms with Gasteiger partial charge in [0.05, 0.1) is 9.43 Å². The third-order valence-corrected chi connectivity index (χ3v) is 5.27. The number of hydrogen-bond acceptors (Lipinski definition) is 4. The van der Waals surface area contributed by atoms with Gasteiger partial charge in [0.2, 0.25) is 0 Å². The second-order valence-corrected chi connectivity index (χ2v) is 7.92. The maximum Gasteiger partial charge on any atom is 0.191 e. The number of thiophene rings is 1. The third-order valence-electron chi connectivity index (χ3n) is 3.31. The van der Waals surface area contributed by atoms with Crippen molar-refractivity contribution in [3.63, 3.8) is 0 Å². The minimum atomic E-state index is 0.571. The molecule has 120 valence electrons. The lowest BCUT2D eigenvalue weighted by Crippen LogP contribution is -2.38. The van der Waals surface area contributed by atoms with Crippen molar-refractivity contribution in [2.75, 3.05) is 13.6 Å². The van der Waals surface area contributed by atoms with E-state index in [1.54, 1.807) is 7.05 Å². The van der Waals surface area contributed by atoms with E-state index in [2.05, 4.69) is 60.5 Å². The minimum Gasteiger partial charge on any atom is -0.356 e. The van der Waals surface area contributed by atoms with Crippen LogP contribution in [0.1, 0.15) is 10.7 Å².